The molecule has 6 heteroatoms. The van der Waals surface area contributed by atoms with Crippen LogP contribution in [0.25, 0.3) is 0 Å². The Labute approximate surface area is 116 Å². The van der Waals surface area contributed by atoms with E-state index in [2.05, 4.69) is 10.5 Å². The van der Waals surface area contributed by atoms with Gasteiger partial charge in [-0.3, -0.25) is 4.79 Å². The van der Waals surface area contributed by atoms with E-state index in [0.717, 1.165) is 5.56 Å². The predicted molar refractivity (Wildman–Crippen MR) is 71.6 cm³/mol. The highest BCUT2D eigenvalue weighted by atomic mass is 16.5. The van der Waals surface area contributed by atoms with E-state index in [-0.39, 0.29) is 17.4 Å². The Morgan fingerprint density at radius 2 is 2.05 bits per heavy atom. The van der Waals surface area contributed by atoms with Crippen LogP contribution < -0.4 is 5.32 Å². The lowest BCUT2D eigenvalue weighted by Crippen LogP contribution is -2.27. The summed E-state index contributed by atoms with van der Waals surface area (Å²) in [7, 11) is 0. The molecule has 0 spiro atoms. The highest BCUT2D eigenvalue weighted by Gasteiger charge is 2.21. The molecule has 0 aliphatic carbocycles. The zero-order chi connectivity index (χ0) is 14.9. The fraction of sp³-hybridized carbons (Fsp3) is 0.286. The molecule has 0 saturated carbocycles. The van der Waals surface area contributed by atoms with E-state index in [0.29, 0.717) is 11.5 Å². The van der Waals surface area contributed by atoms with Crippen molar-refractivity contribution in [1.82, 2.24) is 10.5 Å². The van der Waals surface area contributed by atoms with Gasteiger partial charge in [0.15, 0.2) is 11.5 Å². The van der Waals surface area contributed by atoms with E-state index in [9.17, 15) is 15.0 Å². The number of nitrogens with one attached hydrogen (secondary N) is 1. The molecule has 106 valence electrons. The standard InChI is InChI=1S/C14H16N2O4/c1-7(12-8(2)16-20-9(12)3)15-14(19)10-5-4-6-11(17)13(10)18/h4-7,17-18H,1-3H3,(H,15,19). The van der Waals surface area contributed by atoms with Gasteiger partial charge in [-0.2, -0.15) is 0 Å². The molecule has 1 aromatic carbocycles. The Bertz CT molecular complexity index is 629. The summed E-state index contributed by atoms with van der Waals surface area (Å²) in [5.41, 5.74) is 1.53. The summed E-state index contributed by atoms with van der Waals surface area (Å²) in [6.45, 7) is 5.36. The third kappa shape index (κ3) is 2.45. The fourth-order valence-electron chi connectivity index (χ4n) is 2.17. The molecular weight excluding hydrogens is 260 g/mol. The zero-order valence-electron chi connectivity index (χ0n) is 11.5. The third-order valence-corrected chi connectivity index (χ3v) is 3.13. The van der Waals surface area contributed by atoms with Gasteiger partial charge in [0.25, 0.3) is 5.91 Å². The van der Waals surface area contributed by atoms with Crippen molar-refractivity contribution in [2.45, 2.75) is 26.8 Å². The van der Waals surface area contributed by atoms with E-state index in [1.165, 1.54) is 18.2 Å². The molecule has 0 aliphatic rings. The van der Waals surface area contributed by atoms with E-state index in [1.54, 1.807) is 20.8 Å². The van der Waals surface area contributed by atoms with Crippen molar-refractivity contribution < 1.29 is 19.5 Å². The van der Waals surface area contributed by atoms with Crippen molar-refractivity contribution in [2.24, 2.45) is 0 Å². The Morgan fingerprint density at radius 3 is 2.65 bits per heavy atom. The molecule has 6 nitrogen and oxygen atoms in total. The number of phenols is 2. The van der Waals surface area contributed by atoms with Gasteiger partial charge in [0.05, 0.1) is 17.3 Å². The number of carbonyl (C=O) groups excluding carboxylic acids is 1. The van der Waals surface area contributed by atoms with Crippen LogP contribution in [0.1, 0.15) is 40.3 Å². The second-order valence-corrected chi connectivity index (χ2v) is 4.61. The third-order valence-electron chi connectivity index (χ3n) is 3.13. The first kappa shape index (κ1) is 13.9. The minimum atomic E-state index is -0.481. The molecule has 0 fully saturated rings. The van der Waals surface area contributed by atoms with Crippen LogP contribution >= 0.6 is 0 Å². The number of benzene rings is 1. The molecule has 1 amide bonds. The SMILES string of the molecule is Cc1noc(C)c1C(C)NC(=O)c1cccc(O)c1O. The largest absolute Gasteiger partial charge is 0.504 e. The second kappa shape index (κ2) is 5.24. The number of hydrogen-bond acceptors (Lipinski definition) is 5. The van der Waals surface area contributed by atoms with Crippen molar-refractivity contribution >= 4 is 5.91 Å². The maximum Gasteiger partial charge on any atom is 0.255 e. The summed E-state index contributed by atoms with van der Waals surface area (Å²) in [5, 5.41) is 25.7. The predicted octanol–water partition coefficient (Wildman–Crippen LogP) is 2.19. The highest BCUT2D eigenvalue weighted by molar-refractivity contribution is 5.97. The highest BCUT2D eigenvalue weighted by Crippen LogP contribution is 2.29. The van der Waals surface area contributed by atoms with Gasteiger partial charge in [-0.15, -0.1) is 0 Å². The van der Waals surface area contributed by atoms with Crippen LogP contribution in [0.3, 0.4) is 0 Å². The second-order valence-electron chi connectivity index (χ2n) is 4.61. The smallest absolute Gasteiger partial charge is 0.255 e. The average molecular weight is 276 g/mol. The topological polar surface area (TPSA) is 95.6 Å². The first-order valence-electron chi connectivity index (χ1n) is 6.16. The normalized spacial score (nSPS) is 12.2. The summed E-state index contributed by atoms with van der Waals surface area (Å²) < 4.78 is 5.06. The quantitative estimate of drug-likeness (QED) is 0.747. The van der Waals surface area contributed by atoms with Gasteiger partial charge in [0.1, 0.15) is 5.76 Å². The van der Waals surface area contributed by atoms with E-state index >= 15 is 0 Å². The summed E-state index contributed by atoms with van der Waals surface area (Å²) in [4.78, 5) is 12.1. The van der Waals surface area contributed by atoms with E-state index < -0.39 is 11.7 Å². The van der Waals surface area contributed by atoms with Gasteiger partial charge in [0.2, 0.25) is 0 Å². The van der Waals surface area contributed by atoms with Crippen LogP contribution in [0.15, 0.2) is 22.7 Å². The van der Waals surface area contributed by atoms with Gasteiger partial charge in [-0.05, 0) is 32.9 Å². The average Bonchev–Trinajstić information content (AvgIpc) is 2.72. The van der Waals surface area contributed by atoms with Crippen LogP contribution in [-0.4, -0.2) is 21.3 Å². The molecule has 0 aliphatic heterocycles. The molecule has 0 radical (unpaired) electrons. The first-order chi connectivity index (χ1) is 9.41. The number of aryl methyl sites for hydroxylation is 2. The lowest BCUT2D eigenvalue weighted by atomic mass is 10.1. The number of phenolic OH excluding ortho intramolecular Hbond substituents is 2. The molecule has 0 bridgehead atoms. The molecule has 1 heterocycles. The lowest BCUT2D eigenvalue weighted by molar-refractivity contribution is 0.0936. The van der Waals surface area contributed by atoms with Crippen LogP contribution in [0, 0.1) is 13.8 Å². The van der Waals surface area contributed by atoms with Gasteiger partial charge in [0, 0.05) is 5.56 Å². The number of carbonyl (C=O) groups is 1. The lowest BCUT2D eigenvalue weighted by Gasteiger charge is -2.14. The van der Waals surface area contributed by atoms with Crippen molar-refractivity contribution in [3.63, 3.8) is 0 Å². The molecule has 0 saturated heterocycles. The molecule has 1 atom stereocenters. The molecular formula is C14H16N2O4. The molecule has 2 aromatic rings. The van der Waals surface area contributed by atoms with E-state index in [1.807, 2.05) is 0 Å². The minimum Gasteiger partial charge on any atom is -0.504 e. The van der Waals surface area contributed by atoms with Crippen molar-refractivity contribution in [3.05, 3.63) is 40.8 Å². The van der Waals surface area contributed by atoms with Crippen molar-refractivity contribution in [2.75, 3.05) is 0 Å². The Morgan fingerprint density at radius 1 is 1.35 bits per heavy atom. The van der Waals surface area contributed by atoms with Gasteiger partial charge in [-0.1, -0.05) is 11.2 Å². The maximum absolute atomic E-state index is 12.1. The number of hydrogen-bond donors (Lipinski definition) is 3. The number of para-hydroxylation sites is 1. The monoisotopic (exact) mass is 276 g/mol. The molecule has 20 heavy (non-hydrogen) atoms. The Hall–Kier alpha value is -2.50. The summed E-state index contributed by atoms with van der Waals surface area (Å²) in [6, 6.07) is 3.91. The van der Waals surface area contributed by atoms with Crippen molar-refractivity contribution in [1.29, 1.82) is 0 Å². The molecule has 1 aromatic heterocycles. The summed E-state index contributed by atoms with van der Waals surface area (Å²) >= 11 is 0. The minimum absolute atomic E-state index is 0.0172. The molecule has 1 unspecified atom stereocenters. The first-order valence-corrected chi connectivity index (χ1v) is 6.16. The number of nitrogens with zero attached hydrogens (tertiary/aromatic N) is 1. The number of rotatable bonds is 3. The van der Waals surface area contributed by atoms with Gasteiger partial charge >= 0.3 is 0 Å². The maximum atomic E-state index is 12.1. The summed E-state index contributed by atoms with van der Waals surface area (Å²) in [5.74, 6) is -0.611. The molecule has 2 rings (SSSR count). The zero-order valence-corrected chi connectivity index (χ0v) is 11.5. The van der Waals surface area contributed by atoms with Crippen molar-refractivity contribution in [3.8, 4) is 11.5 Å². The van der Waals surface area contributed by atoms with Crippen LogP contribution in [0.5, 0.6) is 11.5 Å². The van der Waals surface area contributed by atoms with Crippen LogP contribution in [0.2, 0.25) is 0 Å². The number of aromatic nitrogens is 1. The van der Waals surface area contributed by atoms with Crippen LogP contribution in [-0.2, 0) is 0 Å². The van der Waals surface area contributed by atoms with E-state index in [4.69, 9.17) is 4.52 Å². The Kier molecular flexibility index (Phi) is 3.65. The molecule has 3 N–H and O–H groups in total. The number of amides is 1. The Balaban J connectivity index is 2.22. The van der Waals surface area contributed by atoms with Crippen LogP contribution in [0.4, 0.5) is 0 Å². The van der Waals surface area contributed by atoms with Gasteiger partial charge in [-0.25, -0.2) is 0 Å². The number of aromatic hydroxyl groups is 2. The van der Waals surface area contributed by atoms with Gasteiger partial charge < -0.3 is 20.1 Å². The summed E-state index contributed by atoms with van der Waals surface area (Å²) in [6.07, 6.45) is 0. The fourth-order valence-corrected chi connectivity index (χ4v) is 2.17.